The van der Waals surface area contributed by atoms with Gasteiger partial charge in [-0.05, 0) is 22.0 Å². The van der Waals surface area contributed by atoms with Gasteiger partial charge in [0.1, 0.15) is 0 Å². The van der Waals surface area contributed by atoms with Crippen molar-refractivity contribution in [3.05, 3.63) is 21.9 Å². The molecule has 5 heteroatoms. The number of phenols is 1. The molecule has 0 radical (unpaired) electrons. The van der Waals surface area contributed by atoms with Crippen LogP contribution in [0.25, 0.3) is 0 Å². The zero-order chi connectivity index (χ0) is 10.0. The molecule has 0 saturated heterocycles. The van der Waals surface area contributed by atoms with Gasteiger partial charge in [0.05, 0.1) is 11.6 Å². The fraction of sp³-hybridized carbons (Fsp3) is 0.250. The van der Waals surface area contributed by atoms with Gasteiger partial charge in [0, 0.05) is 12.1 Å². The summed E-state index contributed by atoms with van der Waals surface area (Å²) in [5, 5.41) is 9.20. The number of ether oxygens (including phenoxy) is 1. The molecule has 1 rings (SSSR count). The van der Waals surface area contributed by atoms with Crippen molar-refractivity contribution in [2.45, 2.75) is 6.54 Å². The predicted octanol–water partition coefficient (Wildman–Crippen LogP) is 1.76. The summed E-state index contributed by atoms with van der Waals surface area (Å²) < 4.78 is 18.3. The summed E-state index contributed by atoms with van der Waals surface area (Å²) in [6.07, 6.45) is 0. The van der Waals surface area contributed by atoms with E-state index >= 15 is 0 Å². The van der Waals surface area contributed by atoms with Crippen molar-refractivity contribution in [1.82, 2.24) is 0 Å². The van der Waals surface area contributed by atoms with Crippen molar-refractivity contribution >= 4 is 15.9 Å². The van der Waals surface area contributed by atoms with Crippen LogP contribution in [0.1, 0.15) is 5.56 Å². The van der Waals surface area contributed by atoms with E-state index in [9.17, 15) is 9.50 Å². The number of methoxy groups -OCH3 is 1. The molecule has 0 aliphatic carbocycles. The van der Waals surface area contributed by atoms with Gasteiger partial charge in [0.15, 0.2) is 11.5 Å². The normalized spacial score (nSPS) is 10.2. The van der Waals surface area contributed by atoms with Crippen molar-refractivity contribution in [1.29, 1.82) is 0 Å². The molecule has 0 aliphatic rings. The van der Waals surface area contributed by atoms with Crippen LogP contribution in [0, 0.1) is 5.82 Å². The third-order valence-electron chi connectivity index (χ3n) is 1.65. The standard InChI is InChI=1S/C8H9BrFNO2/c1-13-8-4(3-11)2-5(9)7(12)6(8)10/h2,12H,3,11H2,1H3. The van der Waals surface area contributed by atoms with Crippen LogP contribution in [0.15, 0.2) is 10.5 Å². The molecular formula is C8H9BrFNO2. The fourth-order valence-corrected chi connectivity index (χ4v) is 1.46. The van der Waals surface area contributed by atoms with Gasteiger partial charge in [0.25, 0.3) is 0 Å². The van der Waals surface area contributed by atoms with Crippen LogP contribution in [0.3, 0.4) is 0 Å². The van der Waals surface area contributed by atoms with Gasteiger partial charge in [-0.2, -0.15) is 4.39 Å². The van der Waals surface area contributed by atoms with Crippen LogP contribution < -0.4 is 10.5 Å². The summed E-state index contributed by atoms with van der Waals surface area (Å²) in [6.45, 7) is 0.152. The highest BCUT2D eigenvalue weighted by molar-refractivity contribution is 9.10. The van der Waals surface area contributed by atoms with E-state index in [-0.39, 0.29) is 16.8 Å². The maximum atomic E-state index is 13.2. The maximum Gasteiger partial charge on any atom is 0.208 e. The van der Waals surface area contributed by atoms with E-state index in [1.807, 2.05) is 0 Å². The van der Waals surface area contributed by atoms with Gasteiger partial charge in [-0.15, -0.1) is 0 Å². The number of phenolic OH excluding ortho intramolecular Hbond substituents is 1. The van der Waals surface area contributed by atoms with Crippen LogP contribution >= 0.6 is 15.9 Å². The second kappa shape index (κ2) is 3.93. The first-order chi connectivity index (χ1) is 6.11. The molecule has 0 heterocycles. The number of halogens is 2. The summed E-state index contributed by atoms with van der Waals surface area (Å²) in [4.78, 5) is 0. The third kappa shape index (κ3) is 1.76. The van der Waals surface area contributed by atoms with Crippen LogP contribution in [0.5, 0.6) is 11.5 Å². The molecule has 0 spiro atoms. The van der Waals surface area contributed by atoms with E-state index in [4.69, 9.17) is 10.5 Å². The Labute approximate surface area is 83.4 Å². The van der Waals surface area contributed by atoms with Crippen molar-refractivity contribution in [3.8, 4) is 11.5 Å². The SMILES string of the molecule is COc1c(CN)cc(Br)c(O)c1F. The summed E-state index contributed by atoms with van der Waals surface area (Å²) in [7, 11) is 1.32. The van der Waals surface area contributed by atoms with Gasteiger partial charge in [0.2, 0.25) is 5.82 Å². The quantitative estimate of drug-likeness (QED) is 0.840. The lowest BCUT2D eigenvalue weighted by Crippen LogP contribution is -2.02. The first-order valence-electron chi connectivity index (χ1n) is 3.55. The van der Waals surface area contributed by atoms with Crippen LogP contribution in [-0.2, 0) is 6.54 Å². The van der Waals surface area contributed by atoms with Crippen LogP contribution in [0.4, 0.5) is 4.39 Å². The summed E-state index contributed by atoms with van der Waals surface area (Å²) >= 11 is 3.00. The Bertz CT molecular complexity index is 330. The largest absolute Gasteiger partial charge is 0.504 e. The van der Waals surface area contributed by atoms with E-state index in [1.54, 1.807) is 0 Å². The Morgan fingerprint density at radius 3 is 2.77 bits per heavy atom. The average molecular weight is 250 g/mol. The first-order valence-corrected chi connectivity index (χ1v) is 4.35. The van der Waals surface area contributed by atoms with Gasteiger partial charge in [-0.25, -0.2) is 0 Å². The molecule has 0 aliphatic heterocycles. The minimum atomic E-state index is -0.794. The van der Waals surface area contributed by atoms with Crippen molar-refractivity contribution < 1.29 is 14.2 Å². The van der Waals surface area contributed by atoms with E-state index < -0.39 is 11.6 Å². The summed E-state index contributed by atoms with van der Waals surface area (Å²) in [5.41, 5.74) is 5.87. The summed E-state index contributed by atoms with van der Waals surface area (Å²) in [5.74, 6) is -1.27. The van der Waals surface area contributed by atoms with Crippen LogP contribution in [0.2, 0.25) is 0 Å². The molecule has 0 unspecified atom stereocenters. The second-order valence-electron chi connectivity index (χ2n) is 2.42. The van der Waals surface area contributed by atoms with E-state index in [2.05, 4.69) is 15.9 Å². The Hall–Kier alpha value is -0.810. The topological polar surface area (TPSA) is 55.5 Å². The van der Waals surface area contributed by atoms with Crippen LogP contribution in [-0.4, -0.2) is 12.2 Å². The lowest BCUT2D eigenvalue weighted by atomic mass is 10.2. The Morgan fingerprint density at radius 2 is 2.31 bits per heavy atom. The van der Waals surface area contributed by atoms with Gasteiger partial charge in [-0.3, -0.25) is 0 Å². The number of nitrogens with two attached hydrogens (primary N) is 1. The minimum absolute atomic E-state index is 0.0109. The number of aromatic hydroxyl groups is 1. The monoisotopic (exact) mass is 249 g/mol. The smallest absolute Gasteiger partial charge is 0.208 e. The van der Waals surface area contributed by atoms with Crippen molar-refractivity contribution in [2.75, 3.05) is 7.11 Å². The molecule has 0 fully saturated rings. The Morgan fingerprint density at radius 1 is 1.69 bits per heavy atom. The lowest BCUT2D eigenvalue weighted by Gasteiger charge is -2.09. The lowest BCUT2D eigenvalue weighted by molar-refractivity contribution is 0.359. The number of benzene rings is 1. The van der Waals surface area contributed by atoms with Gasteiger partial charge >= 0.3 is 0 Å². The molecule has 0 atom stereocenters. The van der Waals surface area contributed by atoms with Gasteiger partial charge in [-0.1, -0.05) is 0 Å². The molecule has 1 aromatic carbocycles. The van der Waals surface area contributed by atoms with Crippen molar-refractivity contribution in [2.24, 2.45) is 5.73 Å². The molecule has 3 nitrogen and oxygen atoms in total. The Kier molecular flexibility index (Phi) is 3.11. The highest BCUT2D eigenvalue weighted by Gasteiger charge is 2.16. The second-order valence-corrected chi connectivity index (χ2v) is 3.27. The summed E-state index contributed by atoms with van der Waals surface area (Å²) in [6, 6.07) is 1.53. The molecule has 1 aromatic rings. The number of hydrogen-bond acceptors (Lipinski definition) is 3. The number of hydrogen-bond donors (Lipinski definition) is 2. The molecule has 3 N–H and O–H groups in total. The molecule has 0 aromatic heterocycles. The third-order valence-corrected chi connectivity index (χ3v) is 2.25. The van der Waals surface area contributed by atoms with E-state index in [0.29, 0.717) is 5.56 Å². The number of rotatable bonds is 2. The zero-order valence-electron chi connectivity index (χ0n) is 6.97. The Balaban J connectivity index is 3.39. The highest BCUT2D eigenvalue weighted by atomic mass is 79.9. The maximum absolute atomic E-state index is 13.2. The molecular weight excluding hydrogens is 241 g/mol. The molecule has 0 bridgehead atoms. The average Bonchev–Trinajstić information content (AvgIpc) is 2.13. The highest BCUT2D eigenvalue weighted by Crippen LogP contribution is 2.35. The minimum Gasteiger partial charge on any atom is -0.504 e. The predicted molar refractivity (Wildman–Crippen MR) is 50.2 cm³/mol. The molecule has 0 amide bonds. The molecule has 13 heavy (non-hydrogen) atoms. The van der Waals surface area contributed by atoms with E-state index in [1.165, 1.54) is 13.2 Å². The molecule has 72 valence electrons. The zero-order valence-corrected chi connectivity index (χ0v) is 8.56. The molecule has 0 saturated carbocycles. The van der Waals surface area contributed by atoms with Gasteiger partial charge < -0.3 is 15.6 Å². The first kappa shape index (κ1) is 10.3. The van der Waals surface area contributed by atoms with E-state index in [0.717, 1.165) is 0 Å². The fourth-order valence-electron chi connectivity index (χ4n) is 1.01. The van der Waals surface area contributed by atoms with Crippen molar-refractivity contribution in [3.63, 3.8) is 0 Å².